The number of allylic oxidation sites excluding steroid dienone is 2. The molecule has 0 bridgehead atoms. The van der Waals surface area contributed by atoms with Crippen LogP contribution in [-0.2, 0) is 6.42 Å². The van der Waals surface area contributed by atoms with E-state index < -0.39 is 5.82 Å². The van der Waals surface area contributed by atoms with Crippen molar-refractivity contribution in [2.75, 3.05) is 6.54 Å². The van der Waals surface area contributed by atoms with Crippen molar-refractivity contribution >= 4 is 12.0 Å². The van der Waals surface area contributed by atoms with Crippen LogP contribution in [0.3, 0.4) is 0 Å². The Morgan fingerprint density at radius 3 is 2.72 bits per heavy atom. The van der Waals surface area contributed by atoms with E-state index in [0.717, 1.165) is 18.8 Å². The van der Waals surface area contributed by atoms with Gasteiger partial charge < -0.3 is 10.2 Å². The maximum atomic E-state index is 14.2. The molecule has 0 aliphatic carbocycles. The number of hydrogen-bond acceptors (Lipinski definition) is 3. The molecule has 1 N–H and O–H groups in total. The highest BCUT2D eigenvalue weighted by atomic mass is 19.1. The zero-order valence-corrected chi connectivity index (χ0v) is 13.6. The number of hydrogen-bond donors (Lipinski definition) is 1. The van der Waals surface area contributed by atoms with E-state index in [9.17, 15) is 9.18 Å². The van der Waals surface area contributed by atoms with Crippen LogP contribution in [0.5, 0.6) is 0 Å². The number of rotatable bonds is 4. The fraction of sp³-hybridized carbons (Fsp3) is 0.0952. The van der Waals surface area contributed by atoms with Gasteiger partial charge in [0, 0.05) is 23.9 Å². The highest BCUT2D eigenvalue weighted by Crippen LogP contribution is 2.28. The zero-order valence-electron chi connectivity index (χ0n) is 13.6. The molecule has 4 rings (SSSR count). The number of nitrogens with one attached hydrogen (secondary N) is 1. The number of nitrogens with zero attached hydrogens (tertiary/aromatic N) is 1. The molecule has 0 saturated heterocycles. The summed E-state index contributed by atoms with van der Waals surface area (Å²) in [4.78, 5) is 12.8. The highest BCUT2D eigenvalue weighted by Gasteiger charge is 2.23. The number of benzene rings is 2. The van der Waals surface area contributed by atoms with Crippen LogP contribution in [0.2, 0.25) is 0 Å². The summed E-state index contributed by atoms with van der Waals surface area (Å²) in [6, 6.07) is 14.9. The third kappa shape index (κ3) is 3.11. The van der Waals surface area contributed by atoms with Crippen molar-refractivity contribution in [2.24, 2.45) is 0 Å². The molecule has 2 aromatic rings. The van der Waals surface area contributed by atoms with Crippen molar-refractivity contribution in [3.63, 3.8) is 0 Å². The Labute approximate surface area is 145 Å². The monoisotopic (exact) mass is 332 g/mol. The summed E-state index contributed by atoms with van der Waals surface area (Å²) in [7, 11) is 0. The largest absolute Gasteiger partial charge is 0.340 e. The van der Waals surface area contributed by atoms with E-state index in [0.29, 0.717) is 23.1 Å². The minimum absolute atomic E-state index is 0.337. The third-order valence-electron chi connectivity index (χ3n) is 4.40. The fourth-order valence-electron chi connectivity index (χ4n) is 3.14. The molecule has 0 saturated carbocycles. The average Bonchev–Trinajstić information content (AvgIpc) is 3.05. The van der Waals surface area contributed by atoms with Gasteiger partial charge in [-0.15, -0.1) is 0 Å². The predicted octanol–water partition coefficient (Wildman–Crippen LogP) is 3.87. The van der Waals surface area contributed by atoms with Crippen molar-refractivity contribution in [3.8, 4) is 0 Å². The molecule has 124 valence electrons. The lowest BCUT2D eigenvalue weighted by Gasteiger charge is -2.23. The van der Waals surface area contributed by atoms with Gasteiger partial charge in [0.25, 0.3) is 0 Å². The molecule has 0 unspecified atom stereocenters. The Morgan fingerprint density at radius 1 is 1.12 bits per heavy atom. The van der Waals surface area contributed by atoms with Crippen molar-refractivity contribution in [1.29, 1.82) is 0 Å². The van der Waals surface area contributed by atoms with E-state index in [-0.39, 0.29) is 0 Å². The van der Waals surface area contributed by atoms with E-state index >= 15 is 0 Å². The lowest BCUT2D eigenvalue weighted by atomic mass is 10.0. The summed E-state index contributed by atoms with van der Waals surface area (Å²) in [5, 5.41) is 3.25. The number of fused-ring (bicyclic) bond motifs is 1. The van der Waals surface area contributed by atoms with Crippen LogP contribution in [0.15, 0.2) is 78.3 Å². The Hall–Kier alpha value is -3.14. The van der Waals surface area contributed by atoms with Gasteiger partial charge in [0.15, 0.2) is 0 Å². The molecule has 2 heterocycles. The van der Waals surface area contributed by atoms with Gasteiger partial charge >= 0.3 is 0 Å². The molecule has 0 radical (unpaired) electrons. The van der Waals surface area contributed by atoms with Crippen LogP contribution in [0.4, 0.5) is 4.39 Å². The molecule has 0 spiro atoms. The summed E-state index contributed by atoms with van der Waals surface area (Å²) in [5.74, 6) is 0.534. The van der Waals surface area contributed by atoms with E-state index in [1.165, 1.54) is 17.2 Å². The topological polar surface area (TPSA) is 32.3 Å². The predicted molar refractivity (Wildman–Crippen MR) is 95.9 cm³/mol. The molecule has 2 aliphatic heterocycles. The molecular formula is C21H17FN2O. The van der Waals surface area contributed by atoms with Crippen LogP contribution >= 0.6 is 0 Å². The van der Waals surface area contributed by atoms with E-state index in [4.69, 9.17) is 0 Å². The van der Waals surface area contributed by atoms with Crippen molar-refractivity contribution < 1.29 is 9.18 Å². The molecule has 2 aliphatic rings. The van der Waals surface area contributed by atoms with Gasteiger partial charge in [-0.25, -0.2) is 4.39 Å². The summed E-state index contributed by atoms with van der Waals surface area (Å²) in [6.07, 6.45) is 7.60. The van der Waals surface area contributed by atoms with Crippen LogP contribution in [0, 0.1) is 5.82 Å². The van der Waals surface area contributed by atoms with Crippen LogP contribution < -0.4 is 5.32 Å². The zero-order chi connectivity index (χ0) is 17.2. The van der Waals surface area contributed by atoms with Gasteiger partial charge in [0.1, 0.15) is 17.9 Å². The number of carbonyl (C=O) groups is 1. The lowest BCUT2D eigenvalue weighted by Crippen LogP contribution is -2.24. The second kappa shape index (κ2) is 6.40. The van der Waals surface area contributed by atoms with Crippen LogP contribution in [-0.4, -0.2) is 17.7 Å². The van der Waals surface area contributed by atoms with Crippen molar-refractivity contribution in [3.05, 3.63) is 101 Å². The molecule has 2 aromatic carbocycles. The highest BCUT2D eigenvalue weighted by molar-refractivity contribution is 5.77. The second-order valence-corrected chi connectivity index (χ2v) is 6.19. The van der Waals surface area contributed by atoms with E-state index in [1.54, 1.807) is 12.1 Å². The Kier molecular flexibility index (Phi) is 3.94. The first-order valence-electron chi connectivity index (χ1n) is 8.17. The Morgan fingerprint density at radius 2 is 1.96 bits per heavy atom. The van der Waals surface area contributed by atoms with E-state index in [2.05, 4.69) is 28.4 Å². The van der Waals surface area contributed by atoms with Gasteiger partial charge in [0.2, 0.25) is 0 Å². The van der Waals surface area contributed by atoms with Crippen molar-refractivity contribution in [2.45, 2.75) is 6.42 Å². The summed E-state index contributed by atoms with van der Waals surface area (Å²) in [5.41, 5.74) is 4.08. The molecular weight excluding hydrogens is 315 g/mol. The third-order valence-corrected chi connectivity index (χ3v) is 4.40. The van der Waals surface area contributed by atoms with E-state index in [1.807, 2.05) is 30.5 Å². The fourth-order valence-corrected chi connectivity index (χ4v) is 3.14. The lowest BCUT2D eigenvalue weighted by molar-refractivity contribution is 0.112. The molecule has 0 amide bonds. The second-order valence-electron chi connectivity index (χ2n) is 6.19. The minimum atomic E-state index is -0.402. The molecule has 25 heavy (non-hydrogen) atoms. The maximum Gasteiger partial charge on any atom is 0.150 e. The molecule has 0 atom stereocenters. The molecule has 0 fully saturated rings. The molecule has 0 aromatic heterocycles. The van der Waals surface area contributed by atoms with Gasteiger partial charge in [-0.1, -0.05) is 42.5 Å². The quantitative estimate of drug-likeness (QED) is 0.863. The SMILES string of the molecule is O=Cc1ccc(C2=CN3CC(Cc4ccccc4)=CC=C3N2)c(F)c1. The first-order valence-corrected chi connectivity index (χ1v) is 8.17. The molecule has 3 nitrogen and oxygen atoms in total. The smallest absolute Gasteiger partial charge is 0.150 e. The molecule has 4 heteroatoms. The average molecular weight is 332 g/mol. The van der Waals surface area contributed by atoms with Gasteiger partial charge in [-0.05, 0) is 35.8 Å². The number of aldehydes is 1. The van der Waals surface area contributed by atoms with Crippen LogP contribution in [0.1, 0.15) is 21.5 Å². The van der Waals surface area contributed by atoms with Crippen LogP contribution in [0.25, 0.3) is 5.70 Å². The summed E-state index contributed by atoms with van der Waals surface area (Å²) in [6.45, 7) is 0.769. The standard InChI is InChI=1S/C21H17FN2O/c22-19-11-17(14-25)6-8-18(19)20-13-24-12-16(7-9-21(24)23-20)10-15-4-2-1-3-5-15/h1-9,11,13-14,23H,10,12H2. The maximum absolute atomic E-state index is 14.2. The Balaban J connectivity index is 1.53. The summed E-state index contributed by atoms with van der Waals surface area (Å²) < 4.78 is 14.2. The van der Waals surface area contributed by atoms with Crippen molar-refractivity contribution in [1.82, 2.24) is 10.2 Å². The minimum Gasteiger partial charge on any atom is -0.340 e. The normalized spacial score (nSPS) is 15.7. The first kappa shape index (κ1) is 15.4. The van der Waals surface area contributed by atoms with Gasteiger partial charge in [-0.2, -0.15) is 0 Å². The Bertz CT molecular complexity index is 913. The van der Waals surface area contributed by atoms with Gasteiger partial charge in [0.05, 0.1) is 5.70 Å². The number of carbonyl (C=O) groups excluding carboxylic acids is 1. The van der Waals surface area contributed by atoms with Gasteiger partial charge in [-0.3, -0.25) is 4.79 Å². The first-order chi connectivity index (χ1) is 12.2. The number of halogens is 1. The summed E-state index contributed by atoms with van der Waals surface area (Å²) >= 11 is 0.